The fourth-order valence-corrected chi connectivity index (χ4v) is 0.809. The Bertz CT molecular complexity index is 120. The van der Waals surface area contributed by atoms with Crippen LogP contribution in [0.25, 0.3) is 0 Å². The number of nitrogens with one attached hydrogen (secondary N) is 2. The van der Waals surface area contributed by atoms with Crippen molar-refractivity contribution in [2.24, 2.45) is 10.8 Å². The second-order valence-electron chi connectivity index (χ2n) is 2.21. The highest BCUT2D eigenvalue weighted by atomic mass is 15.3. The monoisotopic (exact) mass is 128 g/mol. The van der Waals surface area contributed by atoms with Gasteiger partial charge in [-0.3, -0.25) is 10.4 Å². The Labute approximate surface area is 54.5 Å². The van der Waals surface area contributed by atoms with E-state index in [1.165, 1.54) is 0 Å². The molecule has 4 heteroatoms. The van der Waals surface area contributed by atoms with Gasteiger partial charge in [0, 0.05) is 12.6 Å². The third-order valence-electron chi connectivity index (χ3n) is 1.35. The van der Waals surface area contributed by atoms with E-state index >= 15 is 0 Å². The maximum atomic E-state index is 5.12. The van der Waals surface area contributed by atoms with Crippen LogP contribution in [-0.2, 0) is 0 Å². The second kappa shape index (κ2) is 2.68. The summed E-state index contributed by atoms with van der Waals surface area (Å²) < 4.78 is 0. The van der Waals surface area contributed by atoms with E-state index in [9.17, 15) is 0 Å². The van der Waals surface area contributed by atoms with Crippen LogP contribution in [0.5, 0.6) is 0 Å². The highest BCUT2D eigenvalue weighted by Crippen LogP contribution is 1.95. The molecule has 1 heterocycles. The summed E-state index contributed by atoms with van der Waals surface area (Å²) in [6, 6.07) is 0.494. The number of rotatable bonds is 0. The molecule has 0 saturated heterocycles. The van der Waals surface area contributed by atoms with Crippen LogP contribution in [0.1, 0.15) is 13.3 Å². The summed E-state index contributed by atoms with van der Waals surface area (Å²) in [5, 5.41) is 3.08. The minimum absolute atomic E-state index is 0.494. The number of hydrogen-bond acceptors (Lipinski definition) is 4. The van der Waals surface area contributed by atoms with Gasteiger partial charge in [0.2, 0.25) is 5.96 Å². The second-order valence-corrected chi connectivity index (χ2v) is 2.21. The molecule has 0 aromatic heterocycles. The zero-order chi connectivity index (χ0) is 6.69. The van der Waals surface area contributed by atoms with Gasteiger partial charge in [0.05, 0.1) is 0 Å². The Kier molecular flexibility index (Phi) is 1.89. The van der Waals surface area contributed by atoms with Crippen molar-refractivity contribution in [3.63, 3.8) is 0 Å². The number of nitrogens with two attached hydrogens (primary N) is 1. The first-order valence-corrected chi connectivity index (χ1v) is 3.10. The molecule has 4 N–H and O–H groups in total. The van der Waals surface area contributed by atoms with Gasteiger partial charge in [0.25, 0.3) is 0 Å². The van der Waals surface area contributed by atoms with Crippen LogP contribution in [0.3, 0.4) is 0 Å². The van der Waals surface area contributed by atoms with Gasteiger partial charge in [0.15, 0.2) is 0 Å². The van der Waals surface area contributed by atoms with Gasteiger partial charge < -0.3 is 5.32 Å². The lowest BCUT2D eigenvalue weighted by Gasteiger charge is -2.19. The van der Waals surface area contributed by atoms with Crippen molar-refractivity contribution >= 4 is 5.96 Å². The van der Waals surface area contributed by atoms with Crippen LogP contribution in [0.4, 0.5) is 0 Å². The van der Waals surface area contributed by atoms with Crippen LogP contribution >= 0.6 is 0 Å². The molecule has 0 spiro atoms. The smallest absolute Gasteiger partial charge is 0.205 e. The van der Waals surface area contributed by atoms with Crippen LogP contribution in [0, 0.1) is 0 Å². The maximum Gasteiger partial charge on any atom is 0.205 e. The quantitative estimate of drug-likeness (QED) is 0.295. The average molecular weight is 128 g/mol. The fraction of sp³-hybridized carbons (Fsp3) is 0.800. The Morgan fingerprint density at radius 2 is 2.67 bits per heavy atom. The van der Waals surface area contributed by atoms with Gasteiger partial charge in [-0.25, -0.2) is 5.84 Å². The maximum absolute atomic E-state index is 5.12. The van der Waals surface area contributed by atoms with Crippen LogP contribution < -0.4 is 16.6 Å². The summed E-state index contributed by atoms with van der Waals surface area (Å²) in [6.07, 6.45) is 1.09. The molecule has 0 saturated carbocycles. The average Bonchev–Trinajstić information content (AvgIpc) is 1.88. The lowest BCUT2D eigenvalue weighted by atomic mass is 10.2. The van der Waals surface area contributed by atoms with Crippen molar-refractivity contribution < 1.29 is 0 Å². The molecule has 0 amide bonds. The zero-order valence-corrected chi connectivity index (χ0v) is 5.52. The third kappa shape index (κ3) is 1.57. The lowest BCUT2D eigenvalue weighted by molar-refractivity contribution is 0.572. The molecule has 0 fully saturated rings. The molecule has 9 heavy (non-hydrogen) atoms. The molecule has 0 aromatic rings. The van der Waals surface area contributed by atoms with Crippen molar-refractivity contribution in [3.8, 4) is 0 Å². The number of guanidine groups is 1. The first-order valence-electron chi connectivity index (χ1n) is 3.10. The highest BCUT2D eigenvalue weighted by molar-refractivity contribution is 5.79. The van der Waals surface area contributed by atoms with Crippen molar-refractivity contribution in [1.29, 1.82) is 0 Å². The van der Waals surface area contributed by atoms with Gasteiger partial charge in [-0.1, -0.05) is 0 Å². The molecule has 4 nitrogen and oxygen atoms in total. The summed E-state index contributed by atoms with van der Waals surface area (Å²) in [4.78, 5) is 4.07. The number of aliphatic imine (C=N–C) groups is 1. The largest absolute Gasteiger partial charge is 0.353 e. The van der Waals surface area contributed by atoms with Gasteiger partial charge in [0.1, 0.15) is 0 Å². The molecule has 0 bridgehead atoms. The zero-order valence-electron chi connectivity index (χ0n) is 5.52. The Hall–Kier alpha value is -0.770. The fourth-order valence-electron chi connectivity index (χ4n) is 0.809. The standard InChI is InChI=1S/C5H12N4/c1-4-2-3-7-5(8-4)9-6/h4H,2-3,6H2,1H3,(H2,7,8,9). The van der Waals surface area contributed by atoms with Gasteiger partial charge >= 0.3 is 0 Å². The van der Waals surface area contributed by atoms with Gasteiger partial charge in [-0.05, 0) is 13.3 Å². The normalized spacial score (nSPS) is 26.4. The van der Waals surface area contributed by atoms with E-state index in [-0.39, 0.29) is 0 Å². The van der Waals surface area contributed by atoms with Gasteiger partial charge in [-0.15, -0.1) is 0 Å². The first-order chi connectivity index (χ1) is 4.33. The molecule has 0 radical (unpaired) electrons. The number of nitrogens with zero attached hydrogens (tertiary/aromatic N) is 1. The highest BCUT2D eigenvalue weighted by Gasteiger charge is 2.07. The van der Waals surface area contributed by atoms with Crippen LogP contribution in [0.2, 0.25) is 0 Å². The molecule has 1 aliphatic rings. The summed E-state index contributed by atoms with van der Waals surface area (Å²) in [6.45, 7) is 2.97. The molecule has 52 valence electrons. The summed E-state index contributed by atoms with van der Waals surface area (Å²) >= 11 is 0. The third-order valence-corrected chi connectivity index (χ3v) is 1.35. The molecular formula is C5H12N4. The molecule has 1 unspecified atom stereocenters. The van der Waals surface area contributed by atoms with E-state index in [0.717, 1.165) is 13.0 Å². The first kappa shape index (κ1) is 6.35. The van der Waals surface area contributed by atoms with Crippen molar-refractivity contribution in [3.05, 3.63) is 0 Å². The Balaban J connectivity index is 2.43. The van der Waals surface area contributed by atoms with Crippen LogP contribution in [-0.4, -0.2) is 18.5 Å². The summed E-state index contributed by atoms with van der Waals surface area (Å²) in [7, 11) is 0. The Morgan fingerprint density at radius 3 is 3.11 bits per heavy atom. The molecule has 1 rings (SSSR count). The molecule has 1 aliphatic heterocycles. The molecule has 0 aliphatic carbocycles. The predicted molar refractivity (Wildman–Crippen MR) is 36.8 cm³/mol. The van der Waals surface area contributed by atoms with Gasteiger partial charge in [-0.2, -0.15) is 0 Å². The van der Waals surface area contributed by atoms with Crippen molar-refractivity contribution in [2.75, 3.05) is 6.54 Å². The topological polar surface area (TPSA) is 62.4 Å². The lowest BCUT2D eigenvalue weighted by Crippen LogP contribution is -2.48. The van der Waals surface area contributed by atoms with E-state index in [1.54, 1.807) is 0 Å². The van der Waals surface area contributed by atoms with Crippen molar-refractivity contribution in [2.45, 2.75) is 19.4 Å². The number of hydrazine groups is 1. The van der Waals surface area contributed by atoms with E-state index in [0.29, 0.717) is 12.0 Å². The number of hydrogen-bond donors (Lipinski definition) is 3. The van der Waals surface area contributed by atoms with E-state index in [2.05, 4.69) is 22.7 Å². The predicted octanol–water partition coefficient (Wildman–Crippen LogP) is -0.812. The van der Waals surface area contributed by atoms with Crippen LogP contribution in [0.15, 0.2) is 4.99 Å². The van der Waals surface area contributed by atoms with E-state index in [1.807, 2.05) is 0 Å². The van der Waals surface area contributed by atoms with E-state index in [4.69, 9.17) is 5.84 Å². The molecule has 0 aromatic carbocycles. The van der Waals surface area contributed by atoms with E-state index < -0.39 is 0 Å². The Morgan fingerprint density at radius 1 is 1.89 bits per heavy atom. The summed E-state index contributed by atoms with van der Waals surface area (Å²) in [5.74, 6) is 5.82. The minimum Gasteiger partial charge on any atom is -0.353 e. The SMILES string of the molecule is CC1CCN=C(NN)N1. The molecular weight excluding hydrogens is 116 g/mol. The molecule has 1 atom stereocenters. The minimum atomic E-state index is 0.494. The van der Waals surface area contributed by atoms with Crippen molar-refractivity contribution in [1.82, 2.24) is 10.7 Å². The summed E-state index contributed by atoms with van der Waals surface area (Å²) in [5.41, 5.74) is 2.47.